The summed E-state index contributed by atoms with van der Waals surface area (Å²) in [6.07, 6.45) is 1.86. The summed E-state index contributed by atoms with van der Waals surface area (Å²) in [7, 11) is 0. The molecule has 1 amide bonds. The van der Waals surface area contributed by atoms with Crippen LogP contribution in [0.2, 0.25) is 0 Å². The van der Waals surface area contributed by atoms with Crippen LogP contribution < -0.4 is 11.1 Å². The Morgan fingerprint density at radius 1 is 1.19 bits per heavy atom. The number of rotatable bonds is 3. The van der Waals surface area contributed by atoms with Crippen molar-refractivity contribution in [2.75, 3.05) is 44.6 Å². The predicted molar refractivity (Wildman–Crippen MR) is 84.2 cm³/mol. The van der Waals surface area contributed by atoms with Crippen LogP contribution in [0.1, 0.15) is 12.0 Å². The van der Waals surface area contributed by atoms with Crippen LogP contribution in [0.5, 0.6) is 0 Å². The highest BCUT2D eigenvalue weighted by atomic mass is 16.2. The molecule has 114 valence electrons. The first kappa shape index (κ1) is 14.5. The molecular formula is C16H24N4O. The van der Waals surface area contributed by atoms with Crippen molar-refractivity contribution < 1.29 is 4.79 Å². The van der Waals surface area contributed by atoms with Crippen molar-refractivity contribution in [1.29, 1.82) is 0 Å². The number of hydrogen-bond donors (Lipinski definition) is 2. The van der Waals surface area contributed by atoms with E-state index in [-0.39, 0.29) is 11.9 Å². The van der Waals surface area contributed by atoms with E-state index < -0.39 is 0 Å². The van der Waals surface area contributed by atoms with Gasteiger partial charge in [0.25, 0.3) is 0 Å². The van der Waals surface area contributed by atoms with E-state index in [9.17, 15) is 4.79 Å². The summed E-state index contributed by atoms with van der Waals surface area (Å²) in [5.41, 5.74) is 7.83. The fourth-order valence-corrected chi connectivity index (χ4v) is 3.33. The van der Waals surface area contributed by atoms with Gasteiger partial charge in [-0.25, -0.2) is 0 Å². The van der Waals surface area contributed by atoms with Gasteiger partial charge in [0.1, 0.15) is 0 Å². The molecule has 1 saturated heterocycles. The Kier molecular flexibility index (Phi) is 4.53. The highest BCUT2D eigenvalue weighted by Crippen LogP contribution is 2.24. The van der Waals surface area contributed by atoms with Gasteiger partial charge in [0.05, 0.1) is 6.04 Å². The maximum atomic E-state index is 12.5. The lowest BCUT2D eigenvalue weighted by Gasteiger charge is -2.38. The molecule has 5 nitrogen and oxygen atoms in total. The van der Waals surface area contributed by atoms with Crippen molar-refractivity contribution in [2.24, 2.45) is 5.73 Å². The Labute approximate surface area is 126 Å². The van der Waals surface area contributed by atoms with Crippen molar-refractivity contribution in [1.82, 2.24) is 9.80 Å². The average molecular weight is 288 g/mol. The molecule has 0 saturated carbocycles. The zero-order valence-electron chi connectivity index (χ0n) is 12.4. The maximum Gasteiger partial charge on any atom is 0.241 e. The van der Waals surface area contributed by atoms with E-state index in [2.05, 4.69) is 21.2 Å². The molecule has 2 aliphatic heterocycles. The second kappa shape index (κ2) is 6.56. The Morgan fingerprint density at radius 3 is 2.71 bits per heavy atom. The van der Waals surface area contributed by atoms with Gasteiger partial charge in [0, 0.05) is 45.0 Å². The largest absolute Gasteiger partial charge is 0.329 e. The molecule has 0 aromatic heterocycles. The summed E-state index contributed by atoms with van der Waals surface area (Å²) >= 11 is 0. The number of para-hydroxylation sites is 1. The monoisotopic (exact) mass is 288 g/mol. The van der Waals surface area contributed by atoms with E-state index in [4.69, 9.17) is 5.73 Å². The summed E-state index contributed by atoms with van der Waals surface area (Å²) in [6, 6.07) is 8.12. The summed E-state index contributed by atoms with van der Waals surface area (Å²) in [5.74, 6) is 0.146. The number of nitrogens with two attached hydrogens (primary N) is 1. The molecule has 0 bridgehead atoms. The second-order valence-corrected chi connectivity index (χ2v) is 5.87. The van der Waals surface area contributed by atoms with Crippen molar-refractivity contribution in [3.05, 3.63) is 29.8 Å². The van der Waals surface area contributed by atoms with E-state index in [0.29, 0.717) is 6.54 Å². The van der Waals surface area contributed by atoms with Gasteiger partial charge in [-0.3, -0.25) is 14.6 Å². The zero-order chi connectivity index (χ0) is 14.7. The summed E-state index contributed by atoms with van der Waals surface area (Å²) in [6.45, 7) is 5.58. The van der Waals surface area contributed by atoms with Gasteiger partial charge in [0.15, 0.2) is 0 Å². The van der Waals surface area contributed by atoms with Crippen LogP contribution >= 0.6 is 0 Å². The molecule has 0 radical (unpaired) electrons. The fourth-order valence-electron chi connectivity index (χ4n) is 3.33. The number of anilines is 1. The zero-order valence-corrected chi connectivity index (χ0v) is 12.4. The van der Waals surface area contributed by atoms with Gasteiger partial charge in [-0.2, -0.15) is 0 Å². The molecule has 1 atom stereocenters. The molecule has 5 heteroatoms. The highest BCUT2D eigenvalue weighted by molar-refractivity contribution is 5.96. The van der Waals surface area contributed by atoms with Crippen molar-refractivity contribution in [3.63, 3.8) is 0 Å². The van der Waals surface area contributed by atoms with Gasteiger partial charge >= 0.3 is 0 Å². The van der Waals surface area contributed by atoms with Crippen LogP contribution in [0.15, 0.2) is 24.3 Å². The lowest BCUT2D eigenvalue weighted by atomic mass is 10.0. The van der Waals surface area contributed by atoms with Gasteiger partial charge in [0.2, 0.25) is 5.91 Å². The third kappa shape index (κ3) is 3.26. The SMILES string of the molecule is NCCN1CCN(C2CCc3ccccc3NC2=O)CC1. The molecule has 1 aromatic carbocycles. The second-order valence-electron chi connectivity index (χ2n) is 5.87. The number of nitrogens with zero attached hydrogens (tertiary/aromatic N) is 2. The van der Waals surface area contributed by atoms with Crippen LogP contribution in [0.25, 0.3) is 0 Å². The number of carbonyl (C=O) groups excluding carboxylic acids is 1. The minimum absolute atomic E-state index is 0.00238. The Morgan fingerprint density at radius 2 is 1.95 bits per heavy atom. The number of aryl methyl sites for hydroxylation is 1. The quantitative estimate of drug-likeness (QED) is 0.851. The Hall–Kier alpha value is -1.43. The number of carbonyl (C=O) groups is 1. The minimum atomic E-state index is -0.00238. The first-order valence-electron chi connectivity index (χ1n) is 7.83. The fraction of sp³-hybridized carbons (Fsp3) is 0.562. The topological polar surface area (TPSA) is 61.6 Å². The molecule has 3 N–H and O–H groups in total. The molecular weight excluding hydrogens is 264 g/mol. The Balaban J connectivity index is 1.64. The molecule has 0 aliphatic carbocycles. The third-order valence-electron chi connectivity index (χ3n) is 4.56. The summed E-state index contributed by atoms with van der Waals surface area (Å²) < 4.78 is 0. The summed E-state index contributed by atoms with van der Waals surface area (Å²) in [4.78, 5) is 17.2. The predicted octanol–water partition coefficient (Wildman–Crippen LogP) is 0.516. The molecule has 0 spiro atoms. The molecule has 1 fully saturated rings. The van der Waals surface area contributed by atoms with Crippen molar-refractivity contribution >= 4 is 11.6 Å². The summed E-state index contributed by atoms with van der Waals surface area (Å²) in [5, 5.41) is 3.09. The van der Waals surface area contributed by atoms with Crippen LogP contribution in [0.4, 0.5) is 5.69 Å². The van der Waals surface area contributed by atoms with Crippen molar-refractivity contribution in [3.8, 4) is 0 Å². The highest BCUT2D eigenvalue weighted by Gasteiger charge is 2.30. The third-order valence-corrected chi connectivity index (χ3v) is 4.56. The average Bonchev–Trinajstić information content (AvgIpc) is 2.67. The van der Waals surface area contributed by atoms with E-state index in [1.54, 1.807) is 0 Å². The normalized spacial score (nSPS) is 24.2. The van der Waals surface area contributed by atoms with Gasteiger partial charge in [-0.1, -0.05) is 18.2 Å². The van der Waals surface area contributed by atoms with Crippen LogP contribution in [-0.4, -0.2) is 61.0 Å². The van der Waals surface area contributed by atoms with Crippen LogP contribution in [0, 0.1) is 0 Å². The number of amides is 1. The molecule has 2 heterocycles. The molecule has 3 rings (SSSR count). The lowest BCUT2D eigenvalue weighted by molar-refractivity contribution is -0.122. The van der Waals surface area contributed by atoms with Gasteiger partial charge < -0.3 is 11.1 Å². The van der Waals surface area contributed by atoms with Crippen LogP contribution in [0.3, 0.4) is 0 Å². The molecule has 21 heavy (non-hydrogen) atoms. The Bertz CT molecular complexity index is 497. The number of hydrogen-bond acceptors (Lipinski definition) is 4. The van der Waals surface area contributed by atoms with E-state index >= 15 is 0 Å². The number of benzene rings is 1. The van der Waals surface area contributed by atoms with Crippen molar-refractivity contribution in [2.45, 2.75) is 18.9 Å². The first-order valence-corrected chi connectivity index (χ1v) is 7.83. The maximum absolute atomic E-state index is 12.5. The first-order chi connectivity index (χ1) is 10.3. The van der Waals surface area contributed by atoms with Gasteiger partial charge in [-0.05, 0) is 24.5 Å². The lowest BCUT2D eigenvalue weighted by Crippen LogP contribution is -2.54. The standard InChI is InChI=1S/C16H24N4O/c17-7-8-19-9-11-20(12-10-19)15-6-5-13-3-1-2-4-14(13)18-16(15)21/h1-4,15H,5-12,17H2,(H,18,21). The number of fused-ring (bicyclic) bond motifs is 1. The minimum Gasteiger partial charge on any atom is -0.329 e. The molecule has 1 aromatic rings. The number of piperazine rings is 1. The molecule has 2 aliphatic rings. The van der Waals surface area contributed by atoms with E-state index in [0.717, 1.165) is 51.3 Å². The van der Waals surface area contributed by atoms with E-state index in [1.165, 1.54) is 5.56 Å². The van der Waals surface area contributed by atoms with Gasteiger partial charge in [-0.15, -0.1) is 0 Å². The number of nitrogens with one attached hydrogen (secondary N) is 1. The van der Waals surface area contributed by atoms with E-state index in [1.807, 2.05) is 18.2 Å². The van der Waals surface area contributed by atoms with Crippen LogP contribution in [-0.2, 0) is 11.2 Å². The smallest absolute Gasteiger partial charge is 0.241 e. The molecule has 1 unspecified atom stereocenters.